The van der Waals surface area contributed by atoms with Crippen molar-refractivity contribution in [1.82, 2.24) is 0 Å². The molecule has 0 heterocycles. The quantitative estimate of drug-likeness (QED) is 0.796. The fourth-order valence-corrected chi connectivity index (χ4v) is 2.19. The van der Waals surface area contributed by atoms with E-state index in [2.05, 4.69) is 4.74 Å². The molecule has 1 aliphatic carbocycles. The molecule has 4 nitrogen and oxygen atoms in total. The Morgan fingerprint density at radius 2 is 1.75 bits per heavy atom. The summed E-state index contributed by atoms with van der Waals surface area (Å²) in [6, 6.07) is 7.21. The van der Waals surface area contributed by atoms with Gasteiger partial charge in [0.25, 0.3) is 0 Å². The maximum Gasteiger partial charge on any atom is 0.337 e. The van der Waals surface area contributed by atoms with Crippen LogP contribution in [-0.4, -0.2) is 24.6 Å². The summed E-state index contributed by atoms with van der Waals surface area (Å²) in [5.74, 6) is -0.342. The second kappa shape index (κ2) is 5.27. The van der Waals surface area contributed by atoms with Gasteiger partial charge in [0.1, 0.15) is 5.60 Å². The average molecular weight is 276 g/mol. The largest absolute Gasteiger partial charge is 0.465 e. The maximum absolute atomic E-state index is 11.9. The molecule has 0 amide bonds. The molecule has 1 saturated carbocycles. The van der Waals surface area contributed by atoms with Gasteiger partial charge in [-0.1, -0.05) is 12.1 Å². The summed E-state index contributed by atoms with van der Waals surface area (Å²) in [6.45, 7) is 5.61. The van der Waals surface area contributed by atoms with Crippen LogP contribution in [0.15, 0.2) is 24.3 Å². The van der Waals surface area contributed by atoms with Crippen molar-refractivity contribution >= 4 is 11.9 Å². The number of esters is 2. The molecule has 4 heteroatoms. The number of hydrogen-bond acceptors (Lipinski definition) is 4. The van der Waals surface area contributed by atoms with Crippen molar-refractivity contribution in [1.29, 1.82) is 0 Å². The summed E-state index contributed by atoms with van der Waals surface area (Å²) in [5.41, 5.74) is 1.14. The third kappa shape index (κ3) is 3.38. The molecule has 0 spiro atoms. The van der Waals surface area contributed by atoms with Crippen LogP contribution in [0.3, 0.4) is 0 Å². The topological polar surface area (TPSA) is 52.6 Å². The molecule has 2 unspecified atom stereocenters. The van der Waals surface area contributed by atoms with Crippen molar-refractivity contribution in [3.8, 4) is 0 Å². The highest BCUT2D eigenvalue weighted by Crippen LogP contribution is 2.48. The number of rotatable bonds is 3. The highest BCUT2D eigenvalue weighted by Gasteiger charge is 2.46. The summed E-state index contributed by atoms with van der Waals surface area (Å²) in [4.78, 5) is 23.3. The molecule has 1 aromatic carbocycles. The van der Waals surface area contributed by atoms with Crippen LogP contribution in [0.2, 0.25) is 0 Å². The normalized spacial score (nSPS) is 21.2. The second-order valence-corrected chi connectivity index (χ2v) is 6.10. The lowest BCUT2D eigenvalue weighted by Gasteiger charge is -2.19. The van der Waals surface area contributed by atoms with Crippen molar-refractivity contribution in [3.63, 3.8) is 0 Å². The van der Waals surface area contributed by atoms with Gasteiger partial charge in [0, 0.05) is 0 Å². The van der Waals surface area contributed by atoms with Crippen molar-refractivity contribution in [3.05, 3.63) is 35.4 Å². The first-order chi connectivity index (χ1) is 9.31. The lowest BCUT2D eigenvalue weighted by Crippen LogP contribution is -2.25. The molecule has 108 valence electrons. The van der Waals surface area contributed by atoms with Gasteiger partial charge in [-0.25, -0.2) is 4.79 Å². The summed E-state index contributed by atoms with van der Waals surface area (Å²) in [5, 5.41) is 0. The second-order valence-electron chi connectivity index (χ2n) is 6.10. The molecule has 2 rings (SSSR count). The van der Waals surface area contributed by atoms with Crippen LogP contribution < -0.4 is 0 Å². The Morgan fingerprint density at radius 3 is 2.25 bits per heavy atom. The van der Waals surface area contributed by atoms with Gasteiger partial charge >= 0.3 is 11.9 Å². The summed E-state index contributed by atoms with van der Waals surface area (Å²) < 4.78 is 10.0. The van der Waals surface area contributed by atoms with E-state index in [1.54, 1.807) is 12.1 Å². The first kappa shape index (κ1) is 14.6. The van der Waals surface area contributed by atoms with E-state index in [9.17, 15) is 9.59 Å². The maximum atomic E-state index is 11.9. The molecule has 1 aromatic rings. The molecular weight excluding hydrogens is 256 g/mol. The van der Waals surface area contributed by atoms with Gasteiger partial charge in [-0.15, -0.1) is 0 Å². The van der Waals surface area contributed by atoms with Crippen molar-refractivity contribution in [2.75, 3.05) is 7.11 Å². The Morgan fingerprint density at radius 1 is 1.15 bits per heavy atom. The zero-order chi connectivity index (χ0) is 14.9. The van der Waals surface area contributed by atoms with Gasteiger partial charge < -0.3 is 9.47 Å². The third-order valence-corrected chi connectivity index (χ3v) is 3.26. The average Bonchev–Trinajstić information content (AvgIpc) is 3.16. The van der Waals surface area contributed by atoms with E-state index in [0.29, 0.717) is 5.56 Å². The van der Waals surface area contributed by atoms with Gasteiger partial charge in [0.05, 0.1) is 18.6 Å². The van der Waals surface area contributed by atoms with Gasteiger partial charge in [0.15, 0.2) is 0 Å². The van der Waals surface area contributed by atoms with Crippen LogP contribution in [0.25, 0.3) is 0 Å². The molecule has 2 atom stereocenters. The van der Waals surface area contributed by atoms with E-state index in [0.717, 1.165) is 12.0 Å². The first-order valence-corrected chi connectivity index (χ1v) is 6.73. The number of carbonyl (C=O) groups excluding carboxylic acids is 2. The Labute approximate surface area is 119 Å². The number of methoxy groups -OCH3 is 1. The molecule has 20 heavy (non-hydrogen) atoms. The fourth-order valence-electron chi connectivity index (χ4n) is 2.19. The summed E-state index contributed by atoms with van der Waals surface area (Å²) >= 11 is 0. The highest BCUT2D eigenvalue weighted by atomic mass is 16.6. The molecule has 1 fully saturated rings. The lowest BCUT2D eigenvalue weighted by atomic mass is 10.1. The summed E-state index contributed by atoms with van der Waals surface area (Å²) in [7, 11) is 1.36. The Hall–Kier alpha value is -1.84. The fraction of sp³-hybridized carbons (Fsp3) is 0.500. The van der Waals surface area contributed by atoms with Crippen molar-refractivity contribution < 1.29 is 19.1 Å². The van der Waals surface area contributed by atoms with Crippen LogP contribution in [0.4, 0.5) is 0 Å². The highest BCUT2D eigenvalue weighted by molar-refractivity contribution is 5.89. The SMILES string of the molecule is COC(=O)c1ccc(C2CC2C(=O)OC(C)(C)C)cc1. The van der Waals surface area contributed by atoms with Crippen LogP contribution in [0, 0.1) is 5.92 Å². The lowest BCUT2D eigenvalue weighted by molar-refractivity contribution is -0.156. The van der Waals surface area contributed by atoms with E-state index in [-0.39, 0.29) is 23.8 Å². The Kier molecular flexibility index (Phi) is 3.84. The molecule has 0 bridgehead atoms. The van der Waals surface area contributed by atoms with Crippen LogP contribution >= 0.6 is 0 Å². The number of hydrogen-bond donors (Lipinski definition) is 0. The molecule has 0 aliphatic heterocycles. The van der Waals surface area contributed by atoms with Gasteiger partial charge in [-0.05, 0) is 50.8 Å². The van der Waals surface area contributed by atoms with Crippen molar-refractivity contribution in [2.45, 2.75) is 38.7 Å². The molecule has 0 N–H and O–H groups in total. The van der Waals surface area contributed by atoms with E-state index in [1.165, 1.54) is 7.11 Å². The minimum absolute atomic E-state index is 0.0572. The number of benzene rings is 1. The van der Waals surface area contributed by atoms with Crippen LogP contribution in [-0.2, 0) is 14.3 Å². The van der Waals surface area contributed by atoms with Gasteiger partial charge in [-0.3, -0.25) is 4.79 Å². The first-order valence-electron chi connectivity index (χ1n) is 6.73. The van der Waals surface area contributed by atoms with E-state index in [4.69, 9.17) is 4.74 Å². The smallest absolute Gasteiger partial charge is 0.337 e. The number of ether oxygens (including phenoxy) is 2. The van der Waals surface area contributed by atoms with Crippen molar-refractivity contribution in [2.24, 2.45) is 5.92 Å². The molecule has 0 aromatic heterocycles. The van der Waals surface area contributed by atoms with Gasteiger partial charge in [-0.2, -0.15) is 0 Å². The van der Waals surface area contributed by atoms with Crippen LogP contribution in [0.1, 0.15) is 49.0 Å². The Bertz CT molecular complexity index is 510. The van der Waals surface area contributed by atoms with E-state index >= 15 is 0 Å². The van der Waals surface area contributed by atoms with Gasteiger partial charge in [0.2, 0.25) is 0 Å². The van der Waals surface area contributed by atoms with Crippen LogP contribution in [0.5, 0.6) is 0 Å². The molecule has 0 radical (unpaired) electrons. The molecule has 0 saturated heterocycles. The molecular formula is C16H20O4. The summed E-state index contributed by atoms with van der Waals surface area (Å²) in [6.07, 6.45) is 0.812. The molecule has 1 aliphatic rings. The predicted octanol–water partition coefficient (Wildman–Crippen LogP) is 2.92. The standard InChI is InChI=1S/C16H20O4/c1-16(2,3)20-15(18)13-9-12(13)10-5-7-11(8-6-10)14(17)19-4/h5-8,12-13H,9H2,1-4H3. The third-order valence-electron chi connectivity index (χ3n) is 3.26. The van der Waals surface area contributed by atoms with E-state index < -0.39 is 5.60 Å². The minimum atomic E-state index is -0.445. The van der Waals surface area contributed by atoms with E-state index in [1.807, 2.05) is 32.9 Å². The monoisotopic (exact) mass is 276 g/mol. The zero-order valence-corrected chi connectivity index (χ0v) is 12.3. The zero-order valence-electron chi connectivity index (χ0n) is 12.3. The Balaban J connectivity index is 1.98. The minimum Gasteiger partial charge on any atom is -0.465 e. The number of carbonyl (C=O) groups is 2. The predicted molar refractivity (Wildman–Crippen MR) is 74.5 cm³/mol.